The van der Waals surface area contributed by atoms with Crippen molar-refractivity contribution in [1.29, 1.82) is 0 Å². The predicted octanol–water partition coefficient (Wildman–Crippen LogP) is 5.02. The quantitative estimate of drug-likeness (QED) is 0.446. The van der Waals surface area contributed by atoms with Gasteiger partial charge >= 0.3 is 0 Å². The largest absolute Gasteiger partial charge is 0.294 e. The van der Waals surface area contributed by atoms with Crippen LogP contribution in [0.25, 0.3) is 0 Å². The molecule has 0 unspecified atom stereocenters. The van der Waals surface area contributed by atoms with E-state index in [-0.39, 0.29) is 5.78 Å². The maximum atomic E-state index is 11.8. The second-order valence-electron chi connectivity index (χ2n) is 3.43. The smallest absolute Gasteiger partial charge is 0.163 e. The molecular weight excluding hydrogens is 208 g/mol. The molecule has 0 spiro atoms. The average Bonchev–Trinajstić information content (AvgIpc) is 2.35. The highest BCUT2D eigenvalue weighted by Crippen LogP contribution is 2.14. The molecular formula is C16H26O. The van der Waals surface area contributed by atoms with E-state index in [1.54, 1.807) is 18.2 Å². The average molecular weight is 234 g/mol. The van der Waals surface area contributed by atoms with Crippen LogP contribution in [0.2, 0.25) is 0 Å². The monoisotopic (exact) mass is 234 g/mol. The predicted molar refractivity (Wildman–Crippen MR) is 78.1 cm³/mol. The van der Waals surface area contributed by atoms with Crippen molar-refractivity contribution in [2.45, 2.75) is 47.0 Å². The van der Waals surface area contributed by atoms with Gasteiger partial charge in [-0.05, 0) is 18.9 Å². The number of carbonyl (C=O) groups is 1. The summed E-state index contributed by atoms with van der Waals surface area (Å²) in [5.41, 5.74) is 1.70. The molecule has 0 N–H and O–H groups in total. The van der Waals surface area contributed by atoms with Gasteiger partial charge in [-0.25, -0.2) is 0 Å². The standard InChI is InChI=1S/C14H20O.C2H6/c1-5-8-11-14(15)13(10-7-3)12(4)9-6-2;1-2/h6-7,9-10H,2-3,5,8,11H2,1,4H3;1-2H3/b12-9-,13-10+;. The fourth-order valence-corrected chi connectivity index (χ4v) is 1.30. The van der Waals surface area contributed by atoms with Crippen LogP contribution in [-0.2, 0) is 4.79 Å². The van der Waals surface area contributed by atoms with Crippen molar-refractivity contribution < 1.29 is 4.79 Å². The van der Waals surface area contributed by atoms with Gasteiger partial charge in [0, 0.05) is 12.0 Å². The van der Waals surface area contributed by atoms with E-state index in [1.807, 2.05) is 26.8 Å². The first-order valence-electron chi connectivity index (χ1n) is 6.33. The molecule has 96 valence electrons. The summed E-state index contributed by atoms with van der Waals surface area (Å²) in [7, 11) is 0. The lowest BCUT2D eigenvalue weighted by Crippen LogP contribution is -2.03. The number of rotatable bonds is 7. The zero-order valence-electron chi connectivity index (χ0n) is 11.8. The van der Waals surface area contributed by atoms with Crippen LogP contribution in [0.4, 0.5) is 0 Å². The molecule has 0 rings (SSSR count). The van der Waals surface area contributed by atoms with E-state index in [4.69, 9.17) is 0 Å². The molecule has 0 aliphatic carbocycles. The fourth-order valence-electron chi connectivity index (χ4n) is 1.30. The Labute approximate surface area is 107 Å². The van der Waals surface area contributed by atoms with Gasteiger partial charge < -0.3 is 0 Å². The third kappa shape index (κ3) is 8.44. The molecule has 1 heteroatoms. The Hall–Kier alpha value is -1.37. The Balaban J connectivity index is 0. The van der Waals surface area contributed by atoms with Crippen LogP contribution < -0.4 is 0 Å². The van der Waals surface area contributed by atoms with Gasteiger partial charge in [0.15, 0.2) is 5.78 Å². The summed E-state index contributed by atoms with van der Waals surface area (Å²) >= 11 is 0. The van der Waals surface area contributed by atoms with Gasteiger partial charge in [0.05, 0.1) is 0 Å². The van der Waals surface area contributed by atoms with E-state index in [2.05, 4.69) is 20.1 Å². The molecule has 0 aliphatic heterocycles. The summed E-state index contributed by atoms with van der Waals surface area (Å²) in [6, 6.07) is 0. The lowest BCUT2D eigenvalue weighted by Gasteiger charge is -2.05. The molecule has 0 fully saturated rings. The van der Waals surface area contributed by atoms with E-state index in [0.29, 0.717) is 6.42 Å². The van der Waals surface area contributed by atoms with Gasteiger partial charge in [0.2, 0.25) is 0 Å². The molecule has 17 heavy (non-hydrogen) atoms. The van der Waals surface area contributed by atoms with E-state index in [0.717, 1.165) is 24.0 Å². The summed E-state index contributed by atoms with van der Waals surface area (Å²) in [4.78, 5) is 11.8. The second kappa shape index (κ2) is 12.7. The molecule has 0 radical (unpaired) electrons. The highest BCUT2D eigenvalue weighted by Gasteiger charge is 2.09. The number of Topliss-reactive ketones (excluding diaryl/α,β-unsaturated/α-hetero) is 1. The van der Waals surface area contributed by atoms with E-state index < -0.39 is 0 Å². The van der Waals surface area contributed by atoms with Gasteiger partial charge in [-0.2, -0.15) is 0 Å². The van der Waals surface area contributed by atoms with Crippen molar-refractivity contribution in [3.8, 4) is 0 Å². The van der Waals surface area contributed by atoms with Gasteiger partial charge in [0.1, 0.15) is 0 Å². The fraction of sp³-hybridized carbons (Fsp3) is 0.438. The Bertz CT molecular complexity index is 293. The van der Waals surface area contributed by atoms with Crippen LogP contribution in [0.15, 0.2) is 48.6 Å². The maximum Gasteiger partial charge on any atom is 0.163 e. The maximum absolute atomic E-state index is 11.8. The lowest BCUT2D eigenvalue weighted by molar-refractivity contribution is -0.115. The summed E-state index contributed by atoms with van der Waals surface area (Å²) in [5, 5.41) is 0. The SMILES string of the molecule is C=C/C=C(C)\C(=C/C=C)C(=O)CCCC.CC. The topological polar surface area (TPSA) is 17.1 Å². The van der Waals surface area contributed by atoms with Crippen LogP contribution in [-0.4, -0.2) is 5.78 Å². The molecule has 0 aromatic rings. The minimum Gasteiger partial charge on any atom is -0.294 e. The molecule has 0 saturated carbocycles. The Kier molecular flexibility index (Phi) is 13.5. The number of hydrogen-bond donors (Lipinski definition) is 0. The molecule has 0 aromatic heterocycles. The highest BCUT2D eigenvalue weighted by atomic mass is 16.1. The normalized spacial score (nSPS) is 11.3. The van der Waals surface area contributed by atoms with Crippen molar-refractivity contribution in [3.63, 3.8) is 0 Å². The van der Waals surface area contributed by atoms with Crippen molar-refractivity contribution in [3.05, 3.63) is 48.6 Å². The molecule has 0 amide bonds. The minimum atomic E-state index is 0.187. The third-order valence-electron chi connectivity index (χ3n) is 2.14. The molecule has 0 saturated heterocycles. The molecule has 0 bridgehead atoms. The van der Waals surface area contributed by atoms with Crippen LogP contribution >= 0.6 is 0 Å². The van der Waals surface area contributed by atoms with Crippen LogP contribution in [0, 0.1) is 0 Å². The number of ketones is 1. The number of hydrogen-bond acceptors (Lipinski definition) is 1. The van der Waals surface area contributed by atoms with Gasteiger partial charge in [-0.3, -0.25) is 4.79 Å². The minimum absolute atomic E-state index is 0.187. The highest BCUT2D eigenvalue weighted by molar-refractivity contribution is 5.99. The zero-order chi connectivity index (χ0) is 13.7. The second-order valence-corrected chi connectivity index (χ2v) is 3.43. The Morgan fingerprint density at radius 1 is 1.12 bits per heavy atom. The van der Waals surface area contributed by atoms with E-state index in [1.165, 1.54) is 0 Å². The number of carbonyl (C=O) groups excluding carboxylic acids is 1. The number of allylic oxidation sites excluding steroid dienone is 6. The van der Waals surface area contributed by atoms with E-state index in [9.17, 15) is 4.79 Å². The lowest BCUT2D eigenvalue weighted by atomic mass is 9.98. The van der Waals surface area contributed by atoms with Crippen LogP contribution in [0.1, 0.15) is 47.0 Å². The van der Waals surface area contributed by atoms with Gasteiger partial charge in [0.25, 0.3) is 0 Å². The van der Waals surface area contributed by atoms with Crippen molar-refractivity contribution >= 4 is 5.78 Å². The van der Waals surface area contributed by atoms with Crippen molar-refractivity contribution in [2.24, 2.45) is 0 Å². The Morgan fingerprint density at radius 2 is 1.65 bits per heavy atom. The van der Waals surface area contributed by atoms with Crippen molar-refractivity contribution in [2.75, 3.05) is 0 Å². The molecule has 1 nitrogen and oxygen atoms in total. The first-order chi connectivity index (χ1) is 8.17. The number of unbranched alkanes of at least 4 members (excludes halogenated alkanes) is 1. The molecule has 0 heterocycles. The molecule has 0 aromatic carbocycles. The van der Waals surface area contributed by atoms with Crippen LogP contribution in [0.3, 0.4) is 0 Å². The third-order valence-corrected chi connectivity index (χ3v) is 2.14. The van der Waals surface area contributed by atoms with Gasteiger partial charge in [-0.15, -0.1) is 0 Å². The van der Waals surface area contributed by atoms with Gasteiger partial charge in [-0.1, -0.05) is 64.7 Å². The molecule has 0 aliphatic rings. The summed E-state index contributed by atoms with van der Waals surface area (Å²) in [6.45, 7) is 15.2. The van der Waals surface area contributed by atoms with Crippen LogP contribution in [0.5, 0.6) is 0 Å². The first-order valence-corrected chi connectivity index (χ1v) is 6.33. The summed E-state index contributed by atoms with van der Waals surface area (Å²) in [5.74, 6) is 0.187. The first kappa shape index (κ1) is 18.0. The van der Waals surface area contributed by atoms with Crippen molar-refractivity contribution in [1.82, 2.24) is 0 Å². The zero-order valence-corrected chi connectivity index (χ0v) is 11.8. The Morgan fingerprint density at radius 3 is 2.06 bits per heavy atom. The summed E-state index contributed by atoms with van der Waals surface area (Å²) in [6.07, 6.45) is 9.55. The van der Waals surface area contributed by atoms with E-state index >= 15 is 0 Å². The molecule has 0 atom stereocenters. The summed E-state index contributed by atoms with van der Waals surface area (Å²) < 4.78 is 0.